The molecule has 0 aromatic heterocycles. The second-order valence-corrected chi connectivity index (χ2v) is 6.41. The predicted octanol–water partition coefficient (Wildman–Crippen LogP) is 1.12. The lowest BCUT2D eigenvalue weighted by Crippen LogP contribution is -2.27. The van der Waals surface area contributed by atoms with Crippen LogP contribution < -0.4 is 4.72 Å². The molecule has 0 atom stereocenters. The molecule has 0 amide bonds. The Balaban J connectivity index is 2.72. The van der Waals surface area contributed by atoms with Crippen LogP contribution in [0.3, 0.4) is 0 Å². The SMILES string of the molecule is CC(=O)c1cccc(S(=O)(=O)NCCCN(C)C)c1. The molecule has 0 aliphatic heterocycles. The van der Waals surface area contributed by atoms with Gasteiger partial charge in [-0.1, -0.05) is 12.1 Å². The Bertz CT molecular complexity index is 539. The van der Waals surface area contributed by atoms with Gasteiger partial charge in [0.25, 0.3) is 0 Å². The fourth-order valence-electron chi connectivity index (χ4n) is 1.57. The number of benzene rings is 1. The first-order chi connectivity index (χ1) is 8.83. The second-order valence-electron chi connectivity index (χ2n) is 4.64. The molecule has 19 heavy (non-hydrogen) atoms. The summed E-state index contributed by atoms with van der Waals surface area (Å²) in [4.78, 5) is 13.4. The quantitative estimate of drug-likeness (QED) is 0.602. The number of sulfonamides is 1. The lowest BCUT2D eigenvalue weighted by Gasteiger charge is -2.10. The number of ketones is 1. The molecule has 0 bridgehead atoms. The summed E-state index contributed by atoms with van der Waals surface area (Å²) in [6.07, 6.45) is 0.735. The van der Waals surface area contributed by atoms with Crippen molar-refractivity contribution in [3.63, 3.8) is 0 Å². The Kier molecular flexibility index (Phi) is 5.65. The first-order valence-electron chi connectivity index (χ1n) is 6.08. The van der Waals surface area contributed by atoms with Gasteiger partial charge in [0.1, 0.15) is 0 Å². The van der Waals surface area contributed by atoms with Crippen molar-refractivity contribution in [1.82, 2.24) is 9.62 Å². The van der Waals surface area contributed by atoms with Crippen LogP contribution in [0, 0.1) is 0 Å². The van der Waals surface area contributed by atoms with E-state index in [4.69, 9.17) is 0 Å². The number of nitrogens with one attached hydrogen (secondary N) is 1. The Morgan fingerprint density at radius 1 is 1.32 bits per heavy atom. The van der Waals surface area contributed by atoms with E-state index in [9.17, 15) is 13.2 Å². The third-order valence-electron chi connectivity index (χ3n) is 2.63. The smallest absolute Gasteiger partial charge is 0.240 e. The molecule has 0 aliphatic rings. The fourth-order valence-corrected chi connectivity index (χ4v) is 2.69. The number of carbonyl (C=O) groups excluding carboxylic acids is 1. The third-order valence-corrected chi connectivity index (χ3v) is 4.08. The lowest BCUT2D eigenvalue weighted by molar-refractivity contribution is 0.101. The first-order valence-corrected chi connectivity index (χ1v) is 7.56. The van der Waals surface area contributed by atoms with Gasteiger partial charge in [-0.15, -0.1) is 0 Å². The molecule has 0 heterocycles. The van der Waals surface area contributed by atoms with Crippen LogP contribution in [0.5, 0.6) is 0 Å². The zero-order valence-corrected chi connectivity index (χ0v) is 12.3. The van der Waals surface area contributed by atoms with Crippen LogP contribution in [0.2, 0.25) is 0 Å². The summed E-state index contributed by atoms with van der Waals surface area (Å²) in [5.74, 6) is -0.148. The molecule has 106 valence electrons. The maximum Gasteiger partial charge on any atom is 0.240 e. The molecule has 5 nitrogen and oxygen atoms in total. The average molecular weight is 284 g/mol. The molecule has 0 fully saturated rings. The monoisotopic (exact) mass is 284 g/mol. The highest BCUT2D eigenvalue weighted by Crippen LogP contribution is 2.11. The summed E-state index contributed by atoms with van der Waals surface area (Å²) < 4.78 is 26.6. The lowest BCUT2D eigenvalue weighted by atomic mass is 10.2. The van der Waals surface area contributed by atoms with Gasteiger partial charge in [-0.2, -0.15) is 0 Å². The summed E-state index contributed by atoms with van der Waals surface area (Å²) >= 11 is 0. The van der Waals surface area contributed by atoms with Crippen molar-refractivity contribution >= 4 is 15.8 Å². The molecule has 1 N–H and O–H groups in total. The molecule has 0 aliphatic carbocycles. The van der Waals surface area contributed by atoms with Gasteiger partial charge in [0.05, 0.1) is 4.90 Å². The van der Waals surface area contributed by atoms with Crippen LogP contribution in [0.4, 0.5) is 0 Å². The molecule has 0 radical (unpaired) electrons. The van der Waals surface area contributed by atoms with E-state index >= 15 is 0 Å². The molecule has 0 saturated carbocycles. The van der Waals surface area contributed by atoms with Gasteiger partial charge in [0, 0.05) is 12.1 Å². The van der Waals surface area contributed by atoms with Gasteiger partial charge in [0.15, 0.2) is 5.78 Å². The Hall–Kier alpha value is -1.24. The predicted molar refractivity (Wildman–Crippen MR) is 74.8 cm³/mol. The van der Waals surface area contributed by atoms with Crippen molar-refractivity contribution < 1.29 is 13.2 Å². The number of Topliss-reactive ketones (excluding diaryl/α,β-unsaturated/α-hetero) is 1. The van der Waals surface area contributed by atoms with E-state index in [1.807, 2.05) is 19.0 Å². The van der Waals surface area contributed by atoms with E-state index in [0.29, 0.717) is 12.1 Å². The molecule has 1 aromatic carbocycles. The maximum atomic E-state index is 12.0. The zero-order valence-electron chi connectivity index (χ0n) is 11.5. The standard InChI is InChI=1S/C13H20N2O3S/c1-11(16)12-6-4-7-13(10-12)19(17,18)14-8-5-9-15(2)3/h4,6-7,10,14H,5,8-9H2,1-3H3. The topological polar surface area (TPSA) is 66.5 Å². The number of rotatable bonds is 7. The van der Waals surface area contributed by atoms with E-state index in [1.165, 1.54) is 19.1 Å². The van der Waals surface area contributed by atoms with Gasteiger partial charge in [-0.25, -0.2) is 13.1 Å². The molecule has 6 heteroatoms. The minimum Gasteiger partial charge on any atom is -0.309 e. The minimum absolute atomic E-state index is 0.130. The molecule has 0 saturated heterocycles. The van der Waals surface area contributed by atoms with E-state index in [2.05, 4.69) is 4.72 Å². The van der Waals surface area contributed by atoms with Crippen LogP contribution >= 0.6 is 0 Å². The number of hydrogen-bond acceptors (Lipinski definition) is 4. The maximum absolute atomic E-state index is 12.0. The van der Waals surface area contributed by atoms with Crippen molar-refractivity contribution in [2.45, 2.75) is 18.2 Å². The van der Waals surface area contributed by atoms with E-state index in [-0.39, 0.29) is 10.7 Å². The number of carbonyl (C=O) groups is 1. The number of nitrogens with zero attached hydrogens (tertiary/aromatic N) is 1. The molecular weight excluding hydrogens is 264 g/mol. The molecule has 1 aromatic rings. The Morgan fingerprint density at radius 3 is 2.58 bits per heavy atom. The van der Waals surface area contributed by atoms with Gasteiger partial charge in [-0.3, -0.25) is 4.79 Å². The van der Waals surface area contributed by atoms with Crippen LogP contribution in [0.25, 0.3) is 0 Å². The van der Waals surface area contributed by atoms with Gasteiger partial charge in [-0.05, 0) is 46.1 Å². The normalized spacial score (nSPS) is 11.8. The largest absolute Gasteiger partial charge is 0.309 e. The highest BCUT2D eigenvalue weighted by molar-refractivity contribution is 7.89. The summed E-state index contributed by atoms with van der Waals surface area (Å²) in [7, 11) is 0.336. The molecule has 0 spiro atoms. The molecule has 1 rings (SSSR count). The van der Waals surface area contributed by atoms with Gasteiger partial charge < -0.3 is 4.90 Å². The van der Waals surface area contributed by atoms with Crippen molar-refractivity contribution in [3.05, 3.63) is 29.8 Å². The van der Waals surface area contributed by atoms with Crippen molar-refractivity contribution in [3.8, 4) is 0 Å². The van der Waals surface area contributed by atoms with Crippen LogP contribution in [0.1, 0.15) is 23.7 Å². The summed E-state index contributed by atoms with van der Waals surface area (Å²) in [5, 5.41) is 0. The third kappa shape index (κ3) is 5.10. The highest BCUT2D eigenvalue weighted by Gasteiger charge is 2.14. The van der Waals surface area contributed by atoms with E-state index < -0.39 is 10.0 Å². The highest BCUT2D eigenvalue weighted by atomic mass is 32.2. The van der Waals surface area contributed by atoms with Crippen LogP contribution in [-0.4, -0.2) is 46.3 Å². The van der Waals surface area contributed by atoms with Crippen molar-refractivity contribution in [2.24, 2.45) is 0 Å². The van der Waals surface area contributed by atoms with Crippen molar-refractivity contribution in [1.29, 1.82) is 0 Å². The van der Waals surface area contributed by atoms with E-state index in [0.717, 1.165) is 13.0 Å². The van der Waals surface area contributed by atoms with Crippen LogP contribution in [0.15, 0.2) is 29.2 Å². The molecule has 0 unspecified atom stereocenters. The number of hydrogen-bond donors (Lipinski definition) is 1. The Labute approximate surface area is 114 Å². The average Bonchev–Trinajstić information content (AvgIpc) is 2.34. The van der Waals surface area contributed by atoms with Crippen LogP contribution in [-0.2, 0) is 10.0 Å². The van der Waals surface area contributed by atoms with Gasteiger partial charge in [0.2, 0.25) is 10.0 Å². The Morgan fingerprint density at radius 2 is 2.00 bits per heavy atom. The zero-order chi connectivity index (χ0) is 14.5. The summed E-state index contributed by atoms with van der Waals surface area (Å²) in [6.45, 7) is 2.61. The summed E-state index contributed by atoms with van der Waals surface area (Å²) in [6, 6.07) is 6.07. The van der Waals surface area contributed by atoms with Crippen molar-refractivity contribution in [2.75, 3.05) is 27.2 Å². The minimum atomic E-state index is -3.53. The summed E-state index contributed by atoms with van der Waals surface area (Å²) in [5.41, 5.74) is 0.399. The first kappa shape index (κ1) is 15.8. The van der Waals surface area contributed by atoms with Gasteiger partial charge >= 0.3 is 0 Å². The van der Waals surface area contributed by atoms with E-state index in [1.54, 1.807) is 12.1 Å². The fraction of sp³-hybridized carbons (Fsp3) is 0.462. The molecular formula is C13H20N2O3S. The second kappa shape index (κ2) is 6.79.